The van der Waals surface area contributed by atoms with Crippen LogP contribution in [-0.4, -0.2) is 29.9 Å². The number of nitrogens with zero attached hydrogens (tertiary/aromatic N) is 1. The van der Waals surface area contributed by atoms with Gasteiger partial charge >= 0.3 is 12.0 Å². The Morgan fingerprint density at radius 1 is 1.03 bits per heavy atom. The van der Waals surface area contributed by atoms with Crippen LogP contribution < -0.4 is 10.6 Å². The molecule has 2 N–H and O–H groups in total. The molecule has 7 nitrogen and oxygen atoms in total. The molecule has 0 fully saturated rings. The van der Waals surface area contributed by atoms with Crippen molar-refractivity contribution in [3.8, 4) is 0 Å². The lowest BCUT2D eigenvalue weighted by atomic mass is 10.00. The number of hydrogen-bond acceptors (Lipinski definition) is 5. The zero-order valence-electron chi connectivity index (χ0n) is 17.1. The lowest BCUT2D eigenvalue weighted by molar-refractivity contribution is -0.129. The summed E-state index contributed by atoms with van der Waals surface area (Å²) in [5.41, 5.74) is 2.99. The van der Waals surface area contributed by atoms with Gasteiger partial charge in [-0.1, -0.05) is 55.5 Å². The van der Waals surface area contributed by atoms with Crippen molar-refractivity contribution in [2.75, 3.05) is 7.05 Å². The van der Waals surface area contributed by atoms with Crippen molar-refractivity contribution in [1.82, 2.24) is 15.6 Å². The first kappa shape index (κ1) is 21.0. The largest absolute Gasteiger partial charge is 0.444 e. The molecule has 1 atom stereocenters. The van der Waals surface area contributed by atoms with Gasteiger partial charge in [-0.25, -0.2) is 9.59 Å². The minimum atomic E-state index is -1.28. The summed E-state index contributed by atoms with van der Waals surface area (Å²) in [7, 11) is 1.39. The molecule has 1 heterocycles. The number of rotatable bonds is 5. The maximum absolute atomic E-state index is 13.3. The fourth-order valence-electron chi connectivity index (χ4n) is 3.27. The lowest BCUT2D eigenvalue weighted by Gasteiger charge is -2.19. The van der Waals surface area contributed by atoms with Crippen molar-refractivity contribution in [2.45, 2.75) is 26.4 Å². The van der Waals surface area contributed by atoms with E-state index in [0.717, 1.165) is 5.69 Å². The number of ether oxygens (including phenoxy) is 1. The molecule has 0 unspecified atom stereocenters. The molecule has 3 rings (SSSR count). The van der Waals surface area contributed by atoms with E-state index in [1.54, 1.807) is 36.4 Å². The highest BCUT2D eigenvalue weighted by atomic mass is 16.5. The highest BCUT2D eigenvalue weighted by molar-refractivity contribution is 6.06. The van der Waals surface area contributed by atoms with Gasteiger partial charge < -0.3 is 10.1 Å². The average molecular weight is 405 g/mol. The first-order chi connectivity index (χ1) is 14.5. The highest BCUT2D eigenvalue weighted by Crippen LogP contribution is 2.27. The van der Waals surface area contributed by atoms with E-state index in [1.165, 1.54) is 7.05 Å². The summed E-state index contributed by atoms with van der Waals surface area (Å²) in [4.78, 5) is 42.2. The van der Waals surface area contributed by atoms with Gasteiger partial charge in [-0.05, 0) is 25.0 Å². The summed E-state index contributed by atoms with van der Waals surface area (Å²) in [6.07, 6.45) is -0.636. The molecule has 154 valence electrons. The zero-order valence-corrected chi connectivity index (χ0v) is 17.1. The number of carbonyl (C=O) groups excluding carboxylic acids is 3. The lowest BCUT2D eigenvalue weighted by Crippen LogP contribution is -2.41. The van der Waals surface area contributed by atoms with Gasteiger partial charge in [0.15, 0.2) is 0 Å². The number of pyridine rings is 1. The molecule has 0 aliphatic heterocycles. The second kappa shape index (κ2) is 9.17. The van der Waals surface area contributed by atoms with Crippen LogP contribution in [0.3, 0.4) is 0 Å². The summed E-state index contributed by atoms with van der Waals surface area (Å²) in [6, 6.07) is 15.2. The molecule has 1 aromatic heterocycles. The third-order valence-electron chi connectivity index (χ3n) is 4.80. The molecule has 7 heteroatoms. The predicted octanol–water partition coefficient (Wildman–Crippen LogP) is 3.46. The molecule has 3 aromatic rings. The summed E-state index contributed by atoms with van der Waals surface area (Å²) in [5, 5.41) is 5.15. The van der Waals surface area contributed by atoms with Crippen molar-refractivity contribution in [1.29, 1.82) is 0 Å². The first-order valence-electron chi connectivity index (χ1n) is 9.63. The van der Waals surface area contributed by atoms with Crippen LogP contribution in [0.5, 0.6) is 0 Å². The van der Waals surface area contributed by atoms with Gasteiger partial charge in [-0.2, -0.15) is 0 Å². The van der Waals surface area contributed by atoms with Gasteiger partial charge in [-0.15, -0.1) is 0 Å². The second-order valence-corrected chi connectivity index (χ2v) is 6.69. The van der Waals surface area contributed by atoms with Gasteiger partial charge in [0.25, 0.3) is 5.91 Å². The van der Waals surface area contributed by atoms with Crippen LogP contribution in [0, 0.1) is 6.92 Å². The molecule has 2 aromatic carbocycles. The van der Waals surface area contributed by atoms with E-state index >= 15 is 0 Å². The number of urea groups is 1. The summed E-state index contributed by atoms with van der Waals surface area (Å²) >= 11 is 0. The number of esters is 1. The van der Waals surface area contributed by atoms with E-state index in [-0.39, 0.29) is 0 Å². The van der Waals surface area contributed by atoms with Crippen LogP contribution in [0.15, 0.2) is 54.6 Å². The Balaban J connectivity index is 2.03. The molecular formula is C23H23N3O4. The molecule has 0 saturated carbocycles. The second-order valence-electron chi connectivity index (χ2n) is 6.69. The van der Waals surface area contributed by atoms with Crippen LogP contribution in [0.2, 0.25) is 0 Å². The normalized spacial score (nSPS) is 11.6. The van der Waals surface area contributed by atoms with Crippen LogP contribution in [0.25, 0.3) is 10.9 Å². The Morgan fingerprint density at radius 2 is 1.70 bits per heavy atom. The number of imide groups is 1. The van der Waals surface area contributed by atoms with Gasteiger partial charge in [0.1, 0.15) is 0 Å². The van der Waals surface area contributed by atoms with Gasteiger partial charge in [0.05, 0.1) is 11.1 Å². The Morgan fingerprint density at radius 3 is 2.37 bits per heavy atom. The Kier molecular flexibility index (Phi) is 6.41. The Labute approximate surface area is 174 Å². The standard InChI is InChI=1S/C23H23N3O4/c1-4-17-14(2)19(16-12-8-9-13-18(16)25-17)22(28)30-20(15-10-6-5-7-11-15)21(27)26-23(29)24-3/h5-13,20H,4H2,1-3H3,(H2,24,26,27,29)/t20-/m0/s1. The molecule has 0 aliphatic rings. The molecule has 0 saturated heterocycles. The molecular weight excluding hydrogens is 382 g/mol. The number of para-hydroxylation sites is 1. The van der Waals surface area contributed by atoms with Crippen molar-refractivity contribution in [3.05, 3.63) is 77.0 Å². The Hall–Kier alpha value is -3.74. The van der Waals surface area contributed by atoms with E-state index < -0.39 is 24.0 Å². The number of amides is 3. The maximum Gasteiger partial charge on any atom is 0.340 e. The summed E-state index contributed by atoms with van der Waals surface area (Å²) in [5.74, 6) is -1.39. The third-order valence-corrected chi connectivity index (χ3v) is 4.80. The maximum atomic E-state index is 13.3. The number of fused-ring (bicyclic) bond motifs is 1. The van der Waals surface area contributed by atoms with Gasteiger partial charge in [0, 0.05) is 23.7 Å². The first-order valence-corrected chi connectivity index (χ1v) is 9.63. The summed E-state index contributed by atoms with van der Waals surface area (Å²) in [6.45, 7) is 3.78. The minimum Gasteiger partial charge on any atom is -0.444 e. The van der Waals surface area contributed by atoms with E-state index in [0.29, 0.717) is 34.0 Å². The van der Waals surface area contributed by atoms with Crippen molar-refractivity contribution < 1.29 is 19.1 Å². The summed E-state index contributed by atoms with van der Waals surface area (Å²) < 4.78 is 5.66. The van der Waals surface area contributed by atoms with Crippen LogP contribution in [0.4, 0.5) is 4.79 Å². The topological polar surface area (TPSA) is 97.4 Å². The van der Waals surface area contributed by atoms with Crippen molar-refractivity contribution in [3.63, 3.8) is 0 Å². The number of hydrogen-bond donors (Lipinski definition) is 2. The number of nitrogens with one attached hydrogen (secondary N) is 2. The highest BCUT2D eigenvalue weighted by Gasteiger charge is 2.29. The zero-order chi connectivity index (χ0) is 21.7. The number of aryl methyl sites for hydroxylation is 1. The van der Waals surface area contributed by atoms with Gasteiger partial charge in [-0.3, -0.25) is 15.1 Å². The third kappa shape index (κ3) is 4.30. The van der Waals surface area contributed by atoms with E-state index in [2.05, 4.69) is 15.6 Å². The number of benzene rings is 2. The number of carbonyl (C=O) groups is 3. The quantitative estimate of drug-likeness (QED) is 0.634. The van der Waals surface area contributed by atoms with Crippen molar-refractivity contribution >= 4 is 28.8 Å². The van der Waals surface area contributed by atoms with E-state index in [9.17, 15) is 14.4 Å². The monoisotopic (exact) mass is 405 g/mol. The van der Waals surface area contributed by atoms with E-state index in [4.69, 9.17) is 4.74 Å². The predicted molar refractivity (Wildman–Crippen MR) is 113 cm³/mol. The smallest absolute Gasteiger partial charge is 0.340 e. The fourth-order valence-corrected chi connectivity index (χ4v) is 3.27. The van der Waals surface area contributed by atoms with Crippen LogP contribution >= 0.6 is 0 Å². The minimum absolute atomic E-state index is 0.367. The van der Waals surface area contributed by atoms with Crippen LogP contribution in [0.1, 0.15) is 40.2 Å². The number of aromatic nitrogens is 1. The molecule has 3 amide bonds. The molecule has 0 spiro atoms. The van der Waals surface area contributed by atoms with Crippen LogP contribution in [-0.2, 0) is 16.0 Å². The molecule has 30 heavy (non-hydrogen) atoms. The molecule has 0 bridgehead atoms. The molecule has 0 radical (unpaired) electrons. The van der Waals surface area contributed by atoms with Crippen molar-refractivity contribution in [2.24, 2.45) is 0 Å². The molecule has 0 aliphatic carbocycles. The fraction of sp³-hybridized carbons (Fsp3) is 0.217. The average Bonchev–Trinajstić information content (AvgIpc) is 2.77. The SMILES string of the molecule is CCc1nc2ccccc2c(C(=O)O[C@H](C(=O)NC(=O)NC)c2ccccc2)c1C. The Bertz CT molecular complexity index is 1100. The van der Waals surface area contributed by atoms with E-state index in [1.807, 2.05) is 32.0 Å². The van der Waals surface area contributed by atoms with Gasteiger partial charge in [0.2, 0.25) is 6.10 Å².